The van der Waals surface area contributed by atoms with Crippen LogP contribution in [0.3, 0.4) is 0 Å². The predicted octanol–water partition coefficient (Wildman–Crippen LogP) is 1.93. The normalized spacial score (nSPS) is 21.5. The molecular formula is C16H23BN2O3. The van der Waals surface area contributed by atoms with E-state index in [2.05, 4.69) is 4.98 Å². The second-order valence-electron chi connectivity index (χ2n) is 7.04. The molecule has 5 nitrogen and oxygen atoms in total. The van der Waals surface area contributed by atoms with Crippen LogP contribution in [0.25, 0.3) is 11.0 Å². The molecule has 1 saturated heterocycles. The zero-order valence-corrected chi connectivity index (χ0v) is 14.0. The second kappa shape index (κ2) is 4.81. The van der Waals surface area contributed by atoms with Crippen LogP contribution in [0.2, 0.25) is 0 Å². The van der Waals surface area contributed by atoms with Crippen molar-refractivity contribution in [3.63, 3.8) is 0 Å². The second-order valence-corrected chi connectivity index (χ2v) is 7.04. The van der Waals surface area contributed by atoms with E-state index in [1.165, 1.54) is 0 Å². The van der Waals surface area contributed by atoms with Crippen molar-refractivity contribution in [2.75, 3.05) is 0 Å². The fraction of sp³-hybridized carbons (Fsp3) is 0.562. The van der Waals surface area contributed by atoms with Gasteiger partial charge in [-0.1, -0.05) is 6.07 Å². The van der Waals surface area contributed by atoms with Crippen LogP contribution in [-0.4, -0.2) is 33.0 Å². The highest BCUT2D eigenvalue weighted by molar-refractivity contribution is 6.62. The largest absolute Gasteiger partial charge is 0.494 e. The molecule has 0 saturated carbocycles. The molecule has 0 bridgehead atoms. The van der Waals surface area contributed by atoms with Crippen molar-refractivity contribution in [1.82, 2.24) is 9.55 Å². The number of fused-ring (bicyclic) bond motifs is 1. The van der Waals surface area contributed by atoms with Gasteiger partial charge in [0.05, 0.1) is 22.2 Å². The van der Waals surface area contributed by atoms with Gasteiger partial charge in [0, 0.05) is 7.05 Å². The Morgan fingerprint density at radius 1 is 1.18 bits per heavy atom. The van der Waals surface area contributed by atoms with E-state index in [1.807, 2.05) is 57.5 Å². The Kier molecular flexibility index (Phi) is 3.40. The van der Waals surface area contributed by atoms with Gasteiger partial charge >= 0.3 is 7.12 Å². The maximum Gasteiger partial charge on any atom is 0.494 e. The first kappa shape index (κ1) is 15.5. The molecule has 1 aliphatic rings. The fourth-order valence-electron chi connectivity index (χ4n) is 2.73. The number of hydrogen-bond acceptors (Lipinski definition) is 4. The molecule has 1 N–H and O–H groups in total. The number of nitrogens with zero attached hydrogens (tertiary/aromatic N) is 2. The van der Waals surface area contributed by atoms with E-state index in [-0.39, 0.29) is 11.2 Å². The van der Waals surface area contributed by atoms with Crippen LogP contribution < -0.4 is 5.46 Å². The van der Waals surface area contributed by atoms with Crippen molar-refractivity contribution in [2.45, 2.75) is 51.9 Å². The van der Waals surface area contributed by atoms with E-state index in [9.17, 15) is 5.11 Å². The molecule has 1 aromatic carbocycles. The molecule has 1 aromatic heterocycles. The molecule has 1 fully saturated rings. The predicted molar refractivity (Wildman–Crippen MR) is 87.1 cm³/mol. The first-order valence-electron chi connectivity index (χ1n) is 7.62. The molecule has 1 atom stereocenters. The van der Waals surface area contributed by atoms with E-state index >= 15 is 0 Å². The molecule has 118 valence electrons. The summed E-state index contributed by atoms with van der Waals surface area (Å²) < 4.78 is 14.1. The lowest BCUT2D eigenvalue weighted by atomic mass is 9.79. The van der Waals surface area contributed by atoms with E-state index < -0.39 is 13.2 Å². The quantitative estimate of drug-likeness (QED) is 0.861. The van der Waals surface area contributed by atoms with Crippen LogP contribution in [0.5, 0.6) is 0 Å². The van der Waals surface area contributed by atoms with Crippen molar-refractivity contribution in [2.24, 2.45) is 7.05 Å². The molecule has 0 spiro atoms. The maximum atomic E-state index is 9.79. The highest BCUT2D eigenvalue weighted by Gasteiger charge is 2.51. The number of aryl methyl sites for hydroxylation is 1. The smallest absolute Gasteiger partial charge is 0.399 e. The average Bonchev–Trinajstić information content (AvgIpc) is 2.84. The standard InChI is InChI=1S/C16H23BN2O3/c1-10(20)14-18-12-9-11(7-8-13(12)19(14)6)17-21-15(2,3)16(4,5)22-17/h7-10,20H,1-6H3/t10-/m1/s1. The summed E-state index contributed by atoms with van der Waals surface area (Å²) in [6.45, 7) is 9.88. The number of aliphatic hydroxyl groups excluding tert-OH is 1. The third kappa shape index (κ3) is 2.26. The SMILES string of the molecule is C[C@@H](O)c1nc2cc(B3OC(C)(C)C(C)(C)O3)ccc2n1C. The zero-order valence-electron chi connectivity index (χ0n) is 14.0. The first-order valence-corrected chi connectivity index (χ1v) is 7.62. The molecule has 0 aliphatic carbocycles. The van der Waals surface area contributed by atoms with Crippen LogP contribution in [0.15, 0.2) is 18.2 Å². The van der Waals surface area contributed by atoms with Gasteiger partial charge in [-0.25, -0.2) is 4.98 Å². The highest BCUT2D eigenvalue weighted by Crippen LogP contribution is 2.36. The monoisotopic (exact) mass is 302 g/mol. The lowest BCUT2D eigenvalue weighted by molar-refractivity contribution is 0.00578. The van der Waals surface area contributed by atoms with Gasteiger partial charge in [-0.2, -0.15) is 0 Å². The first-order chi connectivity index (χ1) is 10.1. The van der Waals surface area contributed by atoms with Gasteiger partial charge in [-0.3, -0.25) is 0 Å². The summed E-state index contributed by atoms with van der Waals surface area (Å²) in [7, 11) is 1.51. The van der Waals surface area contributed by atoms with Gasteiger partial charge in [-0.05, 0) is 52.2 Å². The number of benzene rings is 1. The van der Waals surface area contributed by atoms with Gasteiger partial charge < -0.3 is 19.0 Å². The maximum absolute atomic E-state index is 9.79. The molecule has 3 rings (SSSR count). The molecule has 1 aliphatic heterocycles. The highest BCUT2D eigenvalue weighted by atomic mass is 16.7. The Labute approximate surface area is 131 Å². The van der Waals surface area contributed by atoms with E-state index in [0.717, 1.165) is 16.5 Å². The molecule has 0 radical (unpaired) electrons. The topological polar surface area (TPSA) is 56.5 Å². The third-order valence-corrected chi connectivity index (χ3v) is 4.84. The van der Waals surface area contributed by atoms with Crippen LogP contribution >= 0.6 is 0 Å². The van der Waals surface area contributed by atoms with Crippen molar-refractivity contribution in [3.05, 3.63) is 24.0 Å². The minimum absolute atomic E-state index is 0.360. The Morgan fingerprint density at radius 2 is 1.77 bits per heavy atom. The summed E-state index contributed by atoms with van der Waals surface area (Å²) in [5.74, 6) is 0.654. The molecule has 0 amide bonds. The van der Waals surface area contributed by atoms with Gasteiger partial charge in [0.25, 0.3) is 0 Å². The summed E-state index contributed by atoms with van der Waals surface area (Å²) in [6.07, 6.45) is -0.599. The lowest BCUT2D eigenvalue weighted by Gasteiger charge is -2.32. The number of aromatic nitrogens is 2. The van der Waals surface area contributed by atoms with Gasteiger partial charge in [-0.15, -0.1) is 0 Å². The van der Waals surface area contributed by atoms with Crippen molar-refractivity contribution >= 4 is 23.6 Å². The Morgan fingerprint density at radius 3 is 2.32 bits per heavy atom. The van der Waals surface area contributed by atoms with Crippen molar-refractivity contribution in [1.29, 1.82) is 0 Å². The van der Waals surface area contributed by atoms with Gasteiger partial charge in [0.2, 0.25) is 0 Å². The minimum Gasteiger partial charge on any atom is -0.399 e. The van der Waals surface area contributed by atoms with Crippen molar-refractivity contribution in [3.8, 4) is 0 Å². The van der Waals surface area contributed by atoms with Gasteiger partial charge in [0.15, 0.2) is 0 Å². The van der Waals surface area contributed by atoms with Crippen LogP contribution in [0, 0.1) is 0 Å². The molecular weight excluding hydrogens is 279 g/mol. The fourth-order valence-corrected chi connectivity index (χ4v) is 2.73. The molecule has 6 heteroatoms. The molecule has 2 aromatic rings. The number of imidazole rings is 1. The Bertz CT molecular complexity index is 705. The van der Waals surface area contributed by atoms with Gasteiger partial charge in [0.1, 0.15) is 11.9 Å². The van der Waals surface area contributed by atoms with E-state index in [0.29, 0.717) is 5.82 Å². The average molecular weight is 302 g/mol. The third-order valence-electron chi connectivity index (χ3n) is 4.84. The Hall–Kier alpha value is -1.37. The summed E-state index contributed by atoms with van der Waals surface area (Å²) in [4.78, 5) is 4.52. The minimum atomic E-state index is -0.599. The number of aliphatic hydroxyl groups is 1. The summed E-state index contributed by atoms with van der Waals surface area (Å²) in [6, 6.07) is 5.97. The summed E-state index contributed by atoms with van der Waals surface area (Å²) in [5.41, 5.74) is 2.05. The van der Waals surface area contributed by atoms with Crippen LogP contribution in [-0.2, 0) is 16.4 Å². The molecule has 2 heterocycles. The zero-order chi connectivity index (χ0) is 16.3. The molecule has 22 heavy (non-hydrogen) atoms. The van der Waals surface area contributed by atoms with E-state index in [4.69, 9.17) is 9.31 Å². The summed E-state index contributed by atoms with van der Waals surface area (Å²) >= 11 is 0. The lowest BCUT2D eigenvalue weighted by Crippen LogP contribution is -2.41. The molecule has 0 unspecified atom stereocenters. The Balaban J connectivity index is 2.00. The number of rotatable bonds is 2. The number of hydrogen-bond donors (Lipinski definition) is 1. The summed E-state index contributed by atoms with van der Waals surface area (Å²) in [5, 5.41) is 9.79. The van der Waals surface area contributed by atoms with E-state index in [1.54, 1.807) is 6.92 Å². The van der Waals surface area contributed by atoms with Crippen LogP contribution in [0.1, 0.15) is 46.5 Å². The van der Waals surface area contributed by atoms with Crippen molar-refractivity contribution < 1.29 is 14.4 Å². The van der Waals surface area contributed by atoms with Crippen LogP contribution in [0.4, 0.5) is 0 Å².